The Morgan fingerprint density at radius 3 is 1.90 bits per heavy atom. The van der Waals surface area contributed by atoms with E-state index in [-0.39, 0.29) is 16.0 Å². The molecule has 0 saturated carbocycles. The number of sulfonamides is 1. The molecule has 0 aliphatic carbocycles. The third-order valence-electron chi connectivity index (χ3n) is 9.29. The first kappa shape index (κ1) is 38.4. The van der Waals surface area contributed by atoms with Crippen molar-refractivity contribution in [1.29, 1.82) is 0 Å². The van der Waals surface area contributed by atoms with Crippen LogP contribution in [0, 0.1) is 11.6 Å². The molecule has 296 valence electrons. The third-order valence-corrected chi connectivity index (χ3v) is 10.5. The van der Waals surface area contributed by atoms with Crippen molar-refractivity contribution < 1.29 is 22.0 Å². The van der Waals surface area contributed by atoms with Gasteiger partial charge in [0.25, 0.3) is 0 Å². The van der Waals surface area contributed by atoms with Gasteiger partial charge >= 0.3 is 5.95 Å². The minimum absolute atomic E-state index is 0.00971. The Kier molecular flexibility index (Phi) is 9.95. The Bertz CT molecular complexity index is 3260. The second-order valence-corrected chi connectivity index (χ2v) is 16.1. The number of nitrogens with one attached hydrogen (secondary N) is 4. The number of anilines is 5. The first-order chi connectivity index (χ1) is 28.9. The lowest BCUT2D eigenvalue weighted by atomic mass is 10.0. The number of fused-ring (bicyclic) bond motifs is 2. The monoisotopic (exact) mass is 858 g/mol. The van der Waals surface area contributed by atoms with Gasteiger partial charge in [-0.15, -0.1) is 4.98 Å². The van der Waals surface area contributed by atoms with Gasteiger partial charge in [0.15, 0.2) is 0 Å². The van der Waals surface area contributed by atoms with Gasteiger partial charge in [0, 0.05) is 28.0 Å². The van der Waals surface area contributed by atoms with E-state index in [1.807, 2.05) is 60.7 Å². The first-order valence-corrected chi connectivity index (χ1v) is 20.6. The van der Waals surface area contributed by atoms with Crippen LogP contribution in [0.3, 0.4) is 0 Å². The van der Waals surface area contributed by atoms with E-state index in [2.05, 4.69) is 40.7 Å². The number of nitrogens with zero attached hydrogens (tertiary/aromatic N) is 7. The number of halogens is 4. The molecule has 0 saturated heterocycles. The van der Waals surface area contributed by atoms with E-state index >= 15 is 0 Å². The van der Waals surface area contributed by atoms with Crippen LogP contribution in [0.2, 0.25) is 10.0 Å². The molecule has 0 atom stereocenters. The Labute approximate surface area is 350 Å². The highest BCUT2D eigenvalue weighted by Gasteiger charge is 2.22. The molecule has 0 aliphatic heterocycles. The maximum absolute atomic E-state index is 14.1. The number of rotatable bonds is 10. The molecule has 6 aromatic carbocycles. The lowest BCUT2D eigenvalue weighted by Crippen LogP contribution is -2.38. The molecular formula is C42H28Cl2F2N11O2S+. The van der Waals surface area contributed by atoms with Crippen molar-refractivity contribution in [3.05, 3.63) is 149 Å². The van der Waals surface area contributed by atoms with Gasteiger partial charge in [-0.25, -0.2) is 32.3 Å². The highest BCUT2D eigenvalue weighted by atomic mass is 35.5. The van der Waals surface area contributed by atoms with Gasteiger partial charge in [-0.3, -0.25) is 4.72 Å². The maximum Gasteiger partial charge on any atom is 0.428 e. The van der Waals surface area contributed by atoms with Crippen molar-refractivity contribution in [2.24, 2.45) is 0 Å². The summed E-state index contributed by atoms with van der Waals surface area (Å²) in [7, 11) is -3.49. The lowest BCUT2D eigenvalue weighted by molar-refractivity contribution is -0.722. The highest BCUT2D eigenvalue weighted by Crippen LogP contribution is 2.33. The fourth-order valence-electron chi connectivity index (χ4n) is 6.51. The molecule has 9 aromatic rings. The molecule has 0 spiro atoms. The molecule has 18 heteroatoms. The zero-order valence-corrected chi connectivity index (χ0v) is 33.3. The number of tetrazole rings is 1. The number of hydrogen-bond donors (Lipinski definition) is 4. The Balaban J connectivity index is 1.06. The molecular weight excluding hydrogens is 832 g/mol. The number of hydrogen-bond acceptors (Lipinski definition) is 10. The van der Waals surface area contributed by atoms with Crippen LogP contribution in [-0.4, -0.2) is 50.0 Å². The van der Waals surface area contributed by atoms with Gasteiger partial charge in [0.2, 0.25) is 21.7 Å². The smallest absolute Gasteiger partial charge is 0.340 e. The summed E-state index contributed by atoms with van der Waals surface area (Å²) in [6.07, 6.45) is 2.54. The van der Waals surface area contributed by atoms with E-state index in [1.54, 1.807) is 30.3 Å². The Hall–Kier alpha value is -7.14. The lowest BCUT2D eigenvalue weighted by Gasteiger charge is -2.11. The second-order valence-electron chi connectivity index (χ2n) is 13.6. The molecule has 0 unspecified atom stereocenters. The second kappa shape index (κ2) is 15.6. The highest BCUT2D eigenvalue weighted by molar-refractivity contribution is 7.92. The average molecular weight is 860 g/mol. The molecule has 0 amide bonds. The summed E-state index contributed by atoms with van der Waals surface area (Å²) in [6, 6.07) is 34.6. The van der Waals surface area contributed by atoms with Crippen LogP contribution in [0.5, 0.6) is 0 Å². The Morgan fingerprint density at radius 2 is 1.22 bits per heavy atom. The largest absolute Gasteiger partial charge is 0.428 e. The number of aromatic amines is 1. The molecule has 13 nitrogen and oxygen atoms in total. The van der Waals surface area contributed by atoms with Crippen molar-refractivity contribution in [3.63, 3.8) is 0 Å². The molecule has 4 N–H and O–H groups in total. The zero-order chi connectivity index (χ0) is 41.5. The SMILES string of the molecule is CS(=O)(=O)Nc1cccc(-c2ccc3nc(-[n+]4nnc(-c5cccc(-c6ccc7ncnc(Nc8ccc(F)c(Cl)c8)c7c6)c5)[nH]4)nc(Nc4ccc(F)c(Cl)c4)c3c2)c1. The average Bonchev–Trinajstić information content (AvgIpc) is 3.74. The number of H-pyrrole nitrogens is 1. The molecule has 9 rings (SSSR count). The van der Waals surface area contributed by atoms with E-state index in [0.29, 0.717) is 50.9 Å². The maximum atomic E-state index is 14.1. The van der Waals surface area contributed by atoms with Crippen LogP contribution in [0.4, 0.5) is 37.5 Å². The van der Waals surface area contributed by atoms with E-state index in [0.717, 1.165) is 39.5 Å². The van der Waals surface area contributed by atoms with Crippen LogP contribution < -0.4 is 20.2 Å². The van der Waals surface area contributed by atoms with Gasteiger partial charge in [-0.2, -0.15) is 0 Å². The van der Waals surface area contributed by atoms with Crippen LogP contribution in [0.15, 0.2) is 128 Å². The van der Waals surface area contributed by atoms with Gasteiger partial charge in [-0.05, 0) is 117 Å². The van der Waals surface area contributed by atoms with Gasteiger partial charge in [0.1, 0.15) is 29.3 Å². The van der Waals surface area contributed by atoms with Gasteiger partial charge in [0.05, 0.1) is 32.4 Å². The zero-order valence-electron chi connectivity index (χ0n) is 31.0. The minimum Gasteiger partial charge on any atom is -0.340 e. The minimum atomic E-state index is -3.49. The summed E-state index contributed by atoms with van der Waals surface area (Å²) in [5, 5.41) is 19.6. The standard InChI is InChI=1S/C42H27Cl2F2N11O2S/c1-60(58,59)55-30-7-3-5-24(17-30)26-9-15-38-32(19-26)41(50-29-11-13-36(46)34(44)21-29)52-42(51-38)57-54-39(53-56-57)27-6-2-4-23(16-27)25-8-14-37-31(18-25)40(48-22-47-37)49-28-10-12-35(45)33(43)20-28/h2-22,55H,1H3,(H2,47,48,49,50,51,52)/p+1. The van der Waals surface area contributed by atoms with Crippen LogP contribution >= 0.6 is 23.2 Å². The predicted molar refractivity (Wildman–Crippen MR) is 228 cm³/mol. The van der Waals surface area contributed by atoms with E-state index < -0.39 is 21.7 Å². The van der Waals surface area contributed by atoms with Gasteiger partial charge < -0.3 is 10.6 Å². The van der Waals surface area contributed by atoms with Crippen molar-refractivity contribution in [2.75, 3.05) is 21.6 Å². The van der Waals surface area contributed by atoms with Crippen LogP contribution in [0.1, 0.15) is 0 Å². The van der Waals surface area contributed by atoms with Crippen molar-refractivity contribution >= 4 is 83.7 Å². The van der Waals surface area contributed by atoms with Gasteiger partial charge in [-0.1, -0.05) is 64.6 Å². The predicted octanol–water partition coefficient (Wildman–Crippen LogP) is 9.41. The molecule has 60 heavy (non-hydrogen) atoms. The molecule has 0 bridgehead atoms. The first-order valence-electron chi connectivity index (χ1n) is 18.0. The van der Waals surface area contributed by atoms with E-state index in [4.69, 9.17) is 33.2 Å². The summed E-state index contributed by atoms with van der Waals surface area (Å²) in [5.74, 6) is 0.369. The summed E-state index contributed by atoms with van der Waals surface area (Å²) in [5.41, 5.74) is 6.66. The molecule has 0 fully saturated rings. The molecule has 0 radical (unpaired) electrons. The van der Waals surface area contributed by atoms with Crippen molar-refractivity contribution in [1.82, 2.24) is 35.3 Å². The summed E-state index contributed by atoms with van der Waals surface area (Å²) in [6.45, 7) is 0. The van der Waals surface area contributed by atoms with E-state index in [9.17, 15) is 17.2 Å². The normalized spacial score (nSPS) is 11.6. The van der Waals surface area contributed by atoms with Crippen molar-refractivity contribution in [2.45, 2.75) is 0 Å². The molecule has 3 heterocycles. The third kappa shape index (κ3) is 8.11. The summed E-state index contributed by atoms with van der Waals surface area (Å²) in [4.78, 5) is 19.8. The van der Waals surface area contributed by atoms with E-state index in [1.165, 1.54) is 41.5 Å². The summed E-state index contributed by atoms with van der Waals surface area (Å²) < 4.78 is 54.2. The fraction of sp³-hybridized carbons (Fsp3) is 0.0238. The number of aromatic nitrogens is 8. The quantitative estimate of drug-likeness (QED) is 0.0973. The van der Waals surface area contributed by atoms with Crippen molar-refractivity contribution in [3.8, 4) is 39.6 Å². The number of benzene rings is 6. The summed E-state index contributed by atoms with van der Waals surface area (Å²) >= 11 is 12.1. The topological polar surface area (TPSA) is 167 Å². The Morgan fingerprint density at radius 1 is 0.617 bits per heavy atom. The van der Waals surface area contributed by atoms with Crippen LogP contribution in [-0.2, 0) is 10.0 Å². The molecule has 3 aromatic heterocycles. The molecule has 0 aliphatic rings. The van der Waals surface area contributed by atoms with Crippen LogP contribution in [0.25, 0.3) is 61.4 Å². The fourth-order valence-corrected chi connectivity index (χ4v) is 7.43.